The maximum Gasteiger partial charge on any atom is 0.326 e. The van der Waals surface area contributed by atoms with Crippen LogP contribution >= 0.6 is 0 Å². The summed E-state index contributed by atoms with van der Waals surface area (Å²) < 4.78 is 0. The molecule has 1 aliphatic rings. The molecule has 0 aromatic rings. The molecule has 0 unspecified atom stereocenters. The first-order chi connectivity index (χ1) is 9.50. The van der Waals surface area contributed by atoms with Crippen molar-refractivity contribution in [3.05, 3.63) is 0 Å². The van der Waals surface area contributed by atoms with Gasteiger partial charge in [-0.25, -0.2) is 4.79 Å². The number of aliphatic carboxylic acids is 1. The number of hydrogen-bond acceptors (Lipinski definition) is 3. The van der Waals surface area contributed by atoms with Crippen LogP contribution in [0.1, 0.15) is 52.4 Å². The Bertz CT molecular complexity index is 361. The lowest BCUT2D eigenvalue weighted by atomic mass is 9.88. The summed E-state index contributed by atoms with van der Waals surface area (Å²) in [4.78, 5) is 26.9. The van der Waals surface area contributed by atoms with Crippen molar-refractivity contribution in [3.63, 3.8) is 0 Å². The predicted octanol–water partition coefficient (Wildman–Crippen LogP) is 0.826. The van der Waals surface area contributed by atoms with Crippen molar-refractivity contribution in [1.29, 1.82) is 0 Å². The number of nitrogens with zero attached hydrogens (tertiary/aromatic N) is 1. The highest BCUT2D eigenvalue weighted by atomic mass is 16.4. The molecular formula is C14H28N4O3. The minimum atomic E-state index is -1.01. The Labute approximate surface area is 126 Å². The molecule has 7 nitrogen and oxygen atoms in total. The molecule has 0 aromatic carbocycles. The largest absolute Gasteiger partial charge is 0.480 e. The fraction of sp³-hybridized carbons (Fsp3) is 0.786. The monoisotopic (exact) mass is 300 g/mol. The Morgan fingerprint density at radius 1 is 1.24 bits per heavy atom. The molecule has 0 radical (unpaired) electrons. The van der Waals surface area contributed by atoms with Crippen LogP contribution in [0.3, 0.4) is 0 Å². The minimum absolute atomic E-state index is 0. The van der Waals surface area contributed by atoms with Gasteiger partial charge in [0.15, 0.2) is 5.96 Å². The molecule has 0 aromatic heterocycles. The van der Waals surface area contributed by atoms with Crippen LogP contribution in [0.4, 0.5) is 0 Å². The van der Waals surface area contributed by atoms with Gasteiger partial charge < -0.3 is 21.9 Å². The second-order valence-electron chi connectivity index (χ2n) is 5.18. The van der Waals surface area contributed by atoms with Gasteiger partial charge in [-0.2, -0.15) is 0 Å². The van der Waals surface area contributed by atoms with Crippen molar-refractivity contribution in [2.75, 3.05) is 6.54 Å². The van der Waals surface area contributed by atoms with Crippen LogP contribution in [0.5, 0.6) is 0 Å². The van der Waals surface area contributed by atoms with Gasteiger partial charge in [0.05, 0.1) is 0 Å². The van der Waals surface area contributed by atoms with E-state index in [0.717, 1.165) is 32.1 Å². The number of carboxylic acids is 1. The summed E-state index contributed by atoms with van der Waals surface area (Å²) in [6.07, 6.45) is 5.79. The summed E-state index contributed by atoms with van der Waals surface area (Å²) >= 11 is 0. The lowest BCUT2D eigenvalue weighted by Gasteiger charge is -2.23. The minimum Gasteiger partial charge on any atom is -0.480 e. The van der Waals surface area contributed by atoms with Crippen LogP contribution in [-0.2, 0) is 9.59 Å². The summed E-state index contributed by atoms with van der Waals surface area (Å²) in [5, 5.41) is 11.8. The summed E-state index contributed by atoms with van der Waals surface area (Å²) in [5.74, 6) is -1.20. The van der Waals surface area contributed by atoms with E-state index in [9.17, 15) is 9.59 Å². The van der Waals surface area contributed by atoms with Gasteiger partial charge >= 0.3 is 5.97 Å². The molecule has 1 rings (SSSR count). The van der Waals surface area contributed by atoms with Crippen LogP contribution in [0.15, 0.2) is 4.99 Å². The smallest absolute Gasteiger partial charge is 0.326 e. The molecule has 0 saturated heterocycles. The third-order valence-electron chi connectivity index (χ3n) is 3.54. The number of guanidine groups is 1. The van der Waals surface area contributed by atoms with E-state index < -0.39 is 12.0 Å². The molecule has 0 bridgehead atoms. The van der Waals surface area contributed by atoms with E-state index >= 15 is 0 Å². The number of carboxylic acid groups (broad SMARTS) is 1. The Kier molecular flexibility index (Phi) is 9.16. The predicted molar refractivity (Wildman–Crippen MR) is 82.8 cm³/mol. The zero-order valence-corrected chi connectivity index (χ0v) is 11.7. The summed E-state index contributed by atoms with van der Waals surface area (Å²) in [5.41, 5.74) is 10.4. The molecule has 6 N–H and O–H groups in total. The number of amides is 1. The van der Waals surface area contributed by atoms with E-state index in [4.69, 9.17) is 16.6 Å². The highest BCUT2D eigenvalue weighted by Gasteiger charge is 2.25. The van der Waals surface area contributed by atoms with E-state index in [1.54, 1.807) is 0 Å². The number of rotatable bonds is 7. The lowest BCUT2D eigenvalue weighted by molar-refractivity contribution is -0.142. The second-order valence-corrected chi connectivity index (χ2v) is 5.18. The Hall–Kier alpha value is -1.79. The van der Waals surface area contributed by atoms with E-state index in [0.29, 0.717) is 19.4 Å². The maximum absolute atomic E-state index is 12.0. The maximum atomic E-state index is 12.0. The summed E-state index contributed by atoms with van der Waals surface area (Å²) in [6.45, 7) is 0.366. The van der Waals surface area contributed by atoms with Crippen molar-refractivity contribution < 1.29 is 14.7 Å². The zero-order chi connectivity index (χ0) is 15.0. The van der Waals surface area contributed by atoms with Gasteiger partial charge in [-0.1, -0.05) is 26.7 Å². The van der Waals surface area contributed by atoms with Crippen molar-refractivity contribution in [1.82, 2.24) is 5.32 Å². The van der Waals surface area contributed by atoms with E-state index in [-0.39, 0.29) is 25.2 Å². The normalized spacial score (nSPS) is 16.4. The quantitative estimate of drug-likeness (QED) is 0.314. The summed E-state index contributed by atoms with van der Waals surface area (Å²) in [7, 11) is 0. The highest BCUT2D eigenvalue weighted by molar-refractivity contribution is 5.85. The molecule has 21 heavy (non-hydrogen) atoms. The third-order valence-corrected chi connectivity index (χ3v) is 3.54. The number of carbonyl (C=O) groups is 2. The number of carbonyl (C=O) groups excluding carboxylic acids is 1. The number of nitrogens with two attached hydrogens (primary N) is 2. The number of nitrogens with one attached hydrogen (secondary N) is 1. The molecule has 0 heterocycles. The first-order valence-corrected chi connectivity index (χ1v) is 7.09. The average Bonchev–Trinajstić information content (AvgIpc) is 2.42. The molecule has 1 fully saturated rings. The molecule has 1 atom stereocenters. The van der Waals surface area contributed by atoms with E-state index in [2.05, 4.69) is 10.3 Å². The second kappa shape index (κ2) is 10.0. The SMILES string of the molecule is C.NC(N)=NCCC[C@H](NC(=O)C1CCCCC1)C(=O)O. The number of hydrogen-bond donors (Lipinski definition) is 4. The van der Waals surface area contributed by atoms with Gasteiger partial charge in [0, 0.05) is 12.5 Å². The van der Waals surface area contributed by atoms with Crippen LogP contribution in [-0.4, -0.2) is 35.5 Å². The van der Waals surface area contributed by atoms with Crippen LogP contribution in [0, 0.1) is 5.92 Å². The fourth-order valence-electron chi connectivity index (χ4n) is 2.42. The first kappa shape index (κ1) is 19.2. The Balaban J connectivity index is 0.00000400. The lowest BCUT2D eigenvalue weighted by Crippen LogP contribution is -2.44. The highest BCUT2D eigenvalue weighted by Crippen LogP contribution is 2.23. The Morgan fingerprint density at radius 2 is 1.86 bits per heavy atom. The van der Waals surface area contributed by atoms with Gasteiger partial charge in [-0.3, -0.25) is 9.79 Å². The van der Waals surface area contributed by atoms with Crippen molar-refractivity contribution in [3.8, 4) is 0 Å². The van der Waals surface area contributed by atoms with Gasteiger partial charge in [0.25, 0.3) is 0 Å². The van der Waals surface area contributed by atoms with Gasteiger partial charge in [0.2, 0.25) is 5.91 Å². The van der Waals surface area contributed by atoms with Crippen molar-refractivity contribution >= 4 is 17.8 Å². The van der Waals surface area contributed by atoms with Gasteiger partial charge in [-0.05, 0) is 25.7 Å². The van der Waals surface area contributed by atoms with E-state index in [1.165, 1.54) is 0 Å². The van der Waals surface area contributed by atoms with Gasteiger partial charge in [-0.15, -0.1) is 0 Å². The average molecular weight is 300 g/mol. The standard InChI is InChI=1S/C13H24N4O3.CH4/c14-13(15)16-8-4-7-10(12(19)20)17-11(18)9-5-2-1-3-6-9;/h9-10H,1-8H2,(H,17,18)(H,19,20)(H4,14,15,16);1H4/t10-;/m0./s1. The molecule has 122 valence electrons. The molecule has 1 amide bonds. The van der Waals surface area contributed by atoms with Crippen molar-refractivity contribution in [2.45, 2.75) is 58.4 Å². The van der Waals surface area contributed by atoms with E-state index in [1.807, 2.05) is 0 Å². The topological polar surface area (TPSA) is 131 Å². The van der Waals surface area contributed by atoms with Crippen LogP contribution in [0.25, 0.3) is 0 Å². The molecule has 0 aliphatic heterocycles. The first-order valence-electron chi connectivity index (χ1n) is 7.09. The third kappa shape index (κ3) is 7.53. The Morgan fingerprint density at radius 3 is 2.38 bits per heavy atom. The molecule has 0 spiro atoms. The van der Waals surface area contributed by atoms with Crippen LogP contribution < -0.4 is 16.8 Å². The fourth-order valence-corrected chi connectivity index (χ4v) is 2.42. The molecule has 7 heteroatoms. The molecular weight excluding hydrogens is 272 g/mol. The molecule has 1 aliphatic carbocycles. The van der Waals surface area contributed by atoms with Gasteiger partial charge in [0.1, 0.15) is 6.04 Å². The summed E-state index contributed by atoms with van der Waals surface area (Å²) in [6, 6.07) is -0.862. The van der Waals surface area contributed by atoms with Crippen LogP contribution in [0.2, 0.25) is 0 Å². The van der Waals surface area contributed by atoms with Crippen molar-refractivity contribution in [2.24, 2.45) is 22.4 Å². The zero-order valence-electron chi connectivity index (χ0n) is 11.7. The number of aliphatic imine (C=N–C) groups is 1. The molecule has 1 saturated carbocycles.